The van der Waals surface area contributed by atoms with E-state index in [4.69, 9.17) is 9.40 Å². The first-order chi connectivity index (χ1) is 14.9. The normalized spacial score (nSPS) is 13.4. The van der Waals surface area contributed by atoms with Crippen LogP contribution in [0.3, 0.4) is 0 Å². The molecule has 4 aromatic rings. The summed E-state index contributed by atoms with van der Waals surface area (Å²) in [6.45, 7) is 21.7. The number of benzene rings is 2. The molecule has 0 bridgehead atoms. The molecule has 4 rings (SSSR count). The van der Waals surface area contributed by atoms with E-state index in [0.29, 0.717) is 0 Å². The molecule has 2 heterocycles. The van der Waals surface area contributed by atoms with E-state index in [0.717, 1.165) is 22.4 Å². The predicted octanol–water partition coefficient (Wildman–Crippen LogP) is 7.28. The number of nitrogens with zero attached hydrogens (tertiary/aromatic N) is 1. The minimum Gasteiger partial charge on any atom is -0.455 e. The van der Waals surface area contributed by atoms with Gasteiger partial charge in [-0.3, -0.25) is 4.98 Å². The maximum atomic E-state index is 6.31. The van der Waals surface area contributed by atoms with Gasteiger partial charge in [-0.1, -0.05) is 82.7 Å². The summed E-state index contributed by atoms with van der Waals surface area (Å²) in [5, 5.41) is 4.00. The standard InChI is InChI=1S/C26H36NOSi4/c1-19-17-23(22-15-12-14-21-20-13-10-11-16-24(20)28-26(21)22)27-18-25(19)32(29(2)3,30(4,5)6)31(7,8)9/h10-18H,1-9H3. The zero-order valence-corrected chi connectivity index (χ0v) is 25.1. The SMILES string of the molecule is Cc1cc(-c2cccc3c2oc2ccccc23)ncc1[Si]([Si](C)C)([Si](C)(C)C)[Si](C)(C)C. The van der Waals surface area contributed by atoms with E-state index in [1.165, 1.54) is 16.3 Å². The number of hydrogen-bond acceptors (Lipinski definition) is 2. The molecule has 1 radical (unpaired) electrons. The molecule has 0 N–H and O–H groups in total. The third-order valence-corrected chi connectivity index (χ3v) is 71.0. The largest absolute Gasteiger partial charge is 0.455 e. The Morgan fingerprint density at radius 3 is 2.03 bits per heavy atom. The average Bonchev–Trinajstić information content (AvgIpc) is 3.06. The molecule has 167 valence electrons. The minimum absolute atomic E-state index is 0.446. The van der Waals surface area contributed by atoms with Crippen molar-refractivity contribution in [2.75, 3.05) is 0 Å². The highest BCUT2D eigenvalue weighted by molar-refractivity contribution is 7.89. The Morgan fingerprint density at radius 1 is 0.812 bits per heavy atom. The van der Waals surface area contributed by atoms with Gasteiger partial charge in [-0.2, -0.15) is 0 Å². The number of furan rings is 1. The van der Waals surface area contributed by atoms with Crippen LogP contribution in [0, 0.1) is 6.92 Å². The van der Waals surface area contributed by atoms with E-state index in [-0.39, 0.29) is 0 Å². The first kappa shape index (κ1) is 23.4. The molecule has 0 unspecified atom stereocenters. The lowest BCUT2D eigenvalue weighted by Crippen LogP contribution is -2.84. The summed E-state index contributed by atoms with van der Waals surface area (Å²) in [6, 6.07) is 17.1. The van der Waals surface area contributed by atoms with Gasteiger partial charge in [0, 0.05) is 46.0 Å². The summed E-state index contributed by atoms with van der Waals surface area (Å²) < 4.78 is 6.31. The second-order valence-corrected chi connectivity index (χ2v) is 47.7. The van der Waals surface area contributed by atoms with Crippen LogP contribution in [0.5, 0.6) is 0 Å². The van der Waals surface area contributed by atoms with Gasteiger partial charge in [-0.25, -0.2) is 0 Å². The van der Waals surface area contributed by atoms with Crippen LogP contribution in [0.1, 0.15) is 5.56 Å². The Balaban J connectivity index is 1.95. The van der Waals surface area contributed by atoms with Crippen molar-refractivity contribution in [2.24, 2.45) is 0 Å². The number of fused-ring (bicyclic) bond motifs is 3. The molecule has 0 fully saturated rings. The molecule has 0 aliphatic heterocycles. The number of aromatic nitrogens is 1. The number of rotatable bonds is 5. The molecular formula is C26H36NOSi4. The van der Waals surface area contributed by atoms with Crippen molar-refractivity contribution < 1.29 is 4.42 Å². The van der Waals surface area contributed by atoms with E-state index in [2.05, 4.69) is 108 Å². The van der Waals surface area contributed by atoms with Gasteiger partial charge in [0.15, 0.2) is 0 Å². The molecule has 0 saturated carbocycles. The molecule has 0 amide bonds. The van der Waals surface area contributed by atoms with E-state index in [9.17, 15) is 0 Å². The van der Waals surface area contributed by atoms with Crippen LogP contribution in [0.2, 0.25) is 52.4 Å². The van der Waals surface area contributed by atoms with Gasteiger partial charge in [-0.05, 0) is 35.9 Å². The molecule has 2 nitrogen and oxygen atoms in total. The Morgan fingerprint density at radius 2 is 1.44 bits per heavy atom. The smallest absolute Gasteiger partial charge is 0.144 e. The Labute approximate surface area is 197 Å². The first-order valence-electron chi connectivity index (χ1n) is 11.6. The van der Waals surface area contributed by atoms with Gasteiger partial charge >= 0.3 is 0 Å². The van der Waals surface area contributed by atoms with Crippen molar-refractivity contribution in [3.05, 3.63) is 60.3 Å². The minimum atomic E-state index is -1.61. The highest BCUT2D eigenvalue weighted by Gasteiger charge is 2.58. The monoisotopic (exact) mass is 490 g/mol. The Kier molecular flexibility index (Phi) is 5.81. The summed E-state index contributed by atoms with van der Waals surface area (Å²) >= 11 is 0. The predicted molar refractivity (Wildman–Crippen MR) is 151 cm³/mol. The van der Waals surface area contributed by atoms with E-state index in [1.807, 2.05) is 6.07 Å². The van der Waals surface area contributed by atoms with E-state index < -0.39 is 30.1 Å². The fourth-order valence-electron chi connectivity index (χ4n) is 6.75. The third-order valence-electron chi connectivity index (χ3n) is 7.20. The van der Waals surface area contributed by atoms with Crippen LogP contribution < -0.4 is 5.19 Å². The molecule has 2 aromatic carbocycles. The molecule has 6 heteroatoms. The second-order valence-electron chi connectivity index (χ2n) is 11.4. The number of hydrogen-bond donors (Lipinski definition) is 0. The van der Waals surface area contributed by atoms with Crippen LogP contribution >= 0.6 is 0 Å². The first-order valence-corrected chi connectivity index (χ1v) is 26.1. The summed E-state index contributed by atoms with van der Waals surface area (Å²) in [6.07, 6.45) is 2.30. The van der Waals surface area contributed by atoms with E-state index in [1.54, 1.807) is 5.19 Å². The molecule has 0 saturated heterocycles. The van der Waals surface area contributed by atoms with Crippen LogP contribution in [0.15, 0.2) is 59.1 Å². The van der Waals surface area contributed by atoms with Gasteiger partial charge in [0.1, 0.15) is 11.2 Å². The molecule has 2 aromatic heterocycles. The topological polar surface area (TPSA) is 26.0 Å². The van der Waals surface area contributed by atoms with Gasteiger partial charge in [0.25, 0.3) is 0 Å². The molecule has 0 aliphatic carbocycles. The fraction of sp³-hybridized carbons (Fsp3) is 0.346. The number of aryl methyl sites for hydroxylation is 1. The highest BCUT2D eigenvalue weighted by Crippen LogP contribution is 2.36. The highest BCUT2D eigenvalue weighted by atomic mass is 29.9. The molecular weight excluding hydrogens is 455 g/mol. The fourth-order valence-corrected chi connectivity index (χ4v) is 86.9. The summed E-state index contributed by atoms with van der Waals surface area (Å²) in [7, 11) is -3.21. The molecule has 0 aliphatic rings. The average molecular weight is 491 g/mol. The van der Waals surface area contributed by atoms with Gasteiger partial charge < -0.3 is 4.42 Å². The van der Waals surface area contributed by atoms with Crippen LogP contribution in [-0.4, -0.2) is 35.1 Å². The van der Waals surface area contributed by atoms with Crippen LogP contribution in [0.25, 0.3) is 33.2 Å². The lowest BCUT2D eigenvalue weighted by atomic mass is 10.1. The lowest BCUT2D eigenvalue weighted by Gasteiger charge is -2.53. The van der Waals surface area contributed by atoms with Crippen molar-refractivity contribution in [1.82, 2.24) is 4.98 Å². The van der Waals surface area contributed by atoms with Crippen molar-refractivity contribution in [2.45, 2.75) is 59.3 Å². The zero-order chi connectivity index (χ0) is 23.5. The van der Waals surface area contributed by atoms with Crippen molar-refractivity contribution >= 4 is 57.2 Å². The van der Waals surface area contributed by atoms with Gasteiger partial charge in [0.2, 0.25) is 0 Å². The summed E-state index contributed by atoms with van der Waals surface area (Å²) in [4.78, 5) is 5.14. The van der Waals surface area contributed by atoms with Gasteiger partial charge in [0.05, 0.1) is 12.3 Å². The third kappa shape index (κ3) is 3.43. The van der Waals surface area contributed by atoms with Crippen molar-refractivity contribution in [3.8, 4) is 11.3 Å². The lowest BCUT2D eigenvalue weighted by molar-refractivity contribution is 0.670. The number of para-hydroxylation sites is 2. The zero-order valence-electron chi connectivity index (χ0n) is 21.1. The second kappa shape index (κ2) is 7.94. The molecule has 0 atom stereocenters. The Bertz CT molecular complexity index is 1280. The maximum absolute atomic E-state index is 6.31. The number of pyridine rings is 1. The molecule has 32 heavy (non-hydrogen) atoms. The molecule has 0 spiro atoms. The van der Waals surface area contributed by atoms with Crippen molar-refractivity contribution in [3.63, 3.8) is 0 Å². The summed E-state index contributed by atoms with van der Waals surface area (Å²) in [5.74, 6) is 0. The maximum Gasteiger partial charge on any atom is 0.144 e. The van der Waals surface area contributed by atoms with E-state index >= 15 is 0 Å². The van der Waals surface area contributed by atoms with Crippen LogP contribution in [0.4, 0.5) is 0 Å². The Hall–Kier alpha value is -1.74. The van der Waals surface area contributed by atoms with Crippen LogP contribution in [-0.2, 0) is 0 Å². The van der Waals surface area contributed by atoms with Gasteiger partial charge in [-0.15, -0.1) is 0 Å². The quantitative estimate of drug-likeness (QED) is 0.275. The van der Waals surface area contributed by atoms with Crippen molar-refractivity contribution in [1.29, 1.82) is 0 Å². The summed E-state index contributed by atoms with van der Waals surface area (Å²) in [5.41, 5.74) is 5.47.